The Morgan fingerprint density at radius 2 is 1.68 bits per heavy atom. The van der Waals surface area contributed by atoms with Crippen molar-refractivity contribution < 1.29 is 18.7 Å². The highest BCUT2D eigenvalue weighted by Gasteiger charge is 2.18. The number of hydrogen-bond donors (Lipinski definition) is 0. The summed E-state index contributed by atoms with van der Waals surface area (Å²) in [6, 6.07) is 14.7. The molecule has 22 heavy (non-hydrogen) atoms. The number of rotatable bonds is 5. The minimum Gasteiger partial charge on any atom is -0.465 e. The normalized spacial score (nSPS) is 13.5. The van der Waals surface area contributed by atoms with Gasteiger partial charge in [0.2, 0.25) is 6.36 Å². The average molecular weight is 302 g/mol. The van der Waals surface area contributed by atoms with Crippen LogP contribution in [0.25, 0.3) is 11.1 Å². The van der Waals surface area contributed by atoms with Crippen molar-refractivity contribution >= 4 is 5.97 Å². The Balaban J connectivity index is 2.34. The van der Waals surface area contributed by atoms with Gasteiger partial charge in [0.05, 0.1) is 12.7 Å². The lowest BCUT2D eigenvalue weighted by Gasteiger charge is -2.16. The van der Waals surface area contributed by atoms with Gasteiger partial charge in [-0.25, -0.2) is 9.18 Å². The lowest BCUT2D eigenvalue weighted by Crippen LogP contribution is -2.12. The van der Waals surface area contributed by atoms with Gasteiger partial charge in [0.25, 0.3) is 0 Å². The van der Waals surface area contributed by atoms with E-state index < -0.39 is 6.36 Å². The van der Waals surface area contributed by atoms with Crippen LogP contribution >= 0.6 is 0 Å². The van der Waals surface area contributed by atoms with E-state index in [0.717, 1.165) is 16.7 Å². The van der Waals surface area contributed by atoms with Crippen molar-refractivity contribution in [3.63, 3.8) is 0 Å². The molecule has 2 aromatic rings. The summed E-state index contributed by atoms with van der Waals surface area (Å²) in [4.78, 5) is 11.8. The second-order valence-electron chi connectivity index (χ2n) is 5.03. The van der Waals surface area contributed by atoms with Gasteiger partial charge in [-0.3, -0.25) is 0 Å². The Hall–Kier alpha value is -2.20. The maximum Gasteiger partial charge on any atom is 0.338 e. The molecule has 0 heterocycles. The van der Waals surface area contributed by atoms with Gasteiger partial charge in [-0.1, -0.05) is 49.4 Å². The summed E-state index contributed by atoms with van der Waals surface area (Å²) in [5.41, 5.74) is 3.02. The lowest BCUT2D eigenvalue weighted by molar-refractivity contribution is -0.0214. The molecule has 3 nitrogen and oxygen atoms in total. The first kappa shape index (κ1) is 16.2. The summed E-state index contributed by atoms with van der Waals surface area (Å²) in [6.45, 7) is 1.77. The van der Waals surface area contributed by atoms with Crippen LogP contribution in [0.1, 0.15) is 28.8 Å². The fourth-order valence-electron chi connectivity index (χ4n) is 2.34. The third kappa shape index (κ3) is 3.34. The molecule has 0 aliphatic heterocycles. The van der Waals surface area contributed by atoms with Crippen LogP contribution in [-0.2, 0) is 9.47 Å². The van der Waals surface area contributed by atoms with Crippen LogP contribution in [0.2, 0.25) is 0 Å². The molecule has 2 aromatic carbocycles. The predicted octanol–water partition coefficient (Wildman–Crippen LogP) is 4.19. The summed E-state index contributed by atoms with van der Waals surface area (Å²) in [6.07, 6.45) is -1.34. The number of carbonyl (C=O) groups excluding carboxylic acids is 1. The van der Waals surface area contributed by atoms with E-state index in [4.69, 9.17) is 9.47 Å². The van der Waals surface area contributed by atoms with Gasteiger partial charge in [0, 0.05) is 13.0 Å². The number of methoxy groups -OCH3 is 2. The van der Waals surface area contributed by atoms with Crippen molar-refractivity contribution in [3.8, 4) is 11.1 Å². The van der Waals surface area contributed by atoms with Crippen LogP contribution in [0.4, 0.5) is 4.39 Å². The molecule has 2 rings (SSSR count). The molecule has 0 aliphatic rings. The van der Waals surface area contributed by atoms with Crippen LogP contribution in [0.3, 0.4) is 0 Å². The Morgan fingerprint density at radius 1 is 1.05 bits per heavy atom. The van der Waals surface area contributed by atoms with Gasteiger partial charge in [0.15, 0.2) is 0 Å². The van der Waals surface area contributed by atoms with Crippen molar-refractivity contribution in [2.24, 2.45) is 0 Å². The van der Waals surface area contributed by atoms with Crippen molar-refractivity contribution in [2.45, 2.75) is 19.2 Å². The fraction of sp³-hybridized carbons (Fsp3) is 0.278. The van der Waals surface area contributed by atoms with E-state index in [9.17, 15) is 9.18 Å². The highest BCUT2D eigenvalue weighted by molar-refractivity contribution is 5.97. The molecule has 0 aliphatic carbocycles. The molecule has 0 radical (unpaired) electrons. The standard InChI is InChI=1S/C18H19FO3/c1-12(17(19)21-2)13-8-10-14(11-9-13)15-6-4-5-7-16(15)18(20)22-3/h4-12,17H,1-3H3. The molecular weight excluding hydrogens is 283 g/mol. The van der Waals surface area contributed by atoms with E-state index in [2.05, 4.69) is 0 Å². The molecule has 116 valence electrons. The molecule has 0 saturated carbocycles. The number of carbonyl (C=O) groups is 1. The van der Waals surface area contributed by atoms with Crippen LogP contribution in [0, 0.1) is 0 Å². The topological polar surface area (TPSA) is 35.5 Å². The zero-order valence-corrected chi connectivity index (χ0v) is 12.9. The Morgan fingerprint density at radius 3 is 2.27 bits per heavy atom. The number of ether oxygens (including phenoxy) is 2. The molecular formula is C18H19FO3. The Kier molecular flexibility index (Phi) is 5.28. The van der Waals surface area contributed by atoms with Gasteiger partial charge in [0.1, 0.15) is 0 Å². The molecule has 2 unspecified atom stereocenters. The molecule has 0 saturated heterocycles. The molecule has 2 atom stereocenters. The third-order valence-corrected chi connectivity index (χ3v) is 3.70. The van der Waals surface area contributed by atoms with E-state index >= 15 is 0 Å². The molecule has 4 heteroatoms. The zero-order chi connectivity index (χ0) is 16.1. The number of halogens is 1. The summed E-state index contributed by atoms with van der Waals surface area (Å²) < 4.78 is 23.1. The molecule has 0 amide bonds. The zero-order valence-electron chi connectivity index (χ0n) is 12.9. The smallest absolute Gasteiger partial charge is 0.338 e. The van der Waals surface area contributed by atoms with Gasteiger partial charge in [-0.15, -0.1) is 0 Å². The summed E-state index contributed by atoms with van der Waals surface area (Å²) in [5.74, 6) is -0.730. The fourth-order valence-corrected chi connectivity index (χ4v) is 2.34. The molecule has 0 spiro atoms. The molecule has 0 aromatic heterocycles. The number of alkyl halides is 1. The van der Waals surface area contributed by atoms with Gasteiger partial charge in [-0.05, 0) is 22.8 Å². The first-order valence-electron chi connectivity index (χ1n) is 7.03. The molecule has 0 fully saturated rings. The van der Waals surface area contributed by atoms with Crippen LogP contribution in [0.15, 0.2) is 48.5 Å². The SMILES string of the molecule is COC(=O)c1ccccc1-c1ccc(C(C)C(F)OC)cc1. The first-order valence-corrected chi connectivity index (χ1v) is 7.03. The van der Waals surface area contributed by atoms with Crippen molar-refractivity contribution in [1.29, 1.82) is 0 Å². The van der Waals surface area contributed by atoms with E-state index in [1.165, 1.54) is 14.2 Å². The third-order valence-electron chi connectivity index (χ3n) is 3.70. The highest BCUT2D eigenvalue weighted by Crippen LogP contribution is 2.28. The maximum absolute atomic E-state index is 13.6. The van der Waals surface area contributed by atoms with Crippen LogP contribution in [-0.4, -0.2) is 26.5 Å². The number of benzene rings is 2. The van der Waals surface area contributed by atoms with Gasteiger partial charge in [-0.2, -0.15) is 0 Å². The van der Waals surface area contributed by atoms with Crippen molar-refractivity contribution in [3.05, 3.63) is 59.7 Å². The second-order valence-corrected chi connectivity index (χ2v) is 5.03. The molecule has 0 bridgehead atoms. The van der Waals surface area contributed by atoms with Gasteiger partial charge >= 0.3 is 5.97 Å². The second kappa shape index (κ2) is 7.18. The van der Waals surface area contributed by atoms with E-state index in [1.54, 1.807) is 19.1 Å². The Labute approximate surface area is 129 Å². The van der Waals surface area contributed by atoms with E-state index in [0.29, 0.717) is 5.56 Å². The average Bonchev–Trinajstić information content (AvgIpc) is 2.59. The first-order chi connectivity index (χ1) is 10.6. The van der Waals surface area contributed by atoms with Gasteiger partial charge < -0.3 is 9.47 Å². The molecule has 0 N–H and O–H groups in total. The minimum atomic E-state index is -1.34. The summed E-state index contributed by atoms with van der Waals surface area (Å²) >= 11 is 0. The monoisotopic (exact) mass is 302 g/mol. The quantitative estimate of drug-likeness (QED) is 0.777. The minimum absolute atomic E-state index is 0.352. The largest absolute Gasteiger partial charge is 0.465 e. The lowest BCUT2D eigenvalue weighted by atomic mass is 9.95. The van der Waals surface area contributed by atoms with E-state index in [-0.39, 0.29) is 11.9 Å². The Bertz CT molecular complexity index is 637. The number of hydrogen-bond acceptors (Lipinski definition) is 3. The summed E-state index contributed by atoms with van der Waals surface area (Å²) in [7, 11) is 2.71. The van der Waals surface area contributed by atoms with E-state index in [1.807, 2.05) is 36.4 Å². The maximum atomic E-state index is 13.6. The number of esters is 1. The highest BCUT2D eigenvalue weighted by atomic mass is 19.1. The van der Waals surface area contributed by atoms with Crippen LogP contribution < -0.4 is 0 Å². The van der Waals surface area contributed by atoms with Crippen molar-refractivity contribution in [2.75, 3.05) is 14.2 Å². The predicted molar refractivity (Wildman–Crippen MR) is 83.5 cm³/mol. The van der Waals surface area contributed by atoms with Crippen LogP contribution in [0.5, 0.6) is 0 Å². The summed E-state index contributed by atoms with van der Waals surface area (Å²) in [5, 5.41) is 0. The van der Waals surface area contributed by atoms with Crippen molar-refractivity contribution in [1.82, 2.24) is 0 Å².